The first kappa shape index (κ1) is 25.9. The minimum Gasteiger partial charge on any atom is -0.495 e. The quantitative estimate of drug-likeness (QED) is 0.232. The Hall–Kier alpha value is -3.68. The van der Waals surface area contributed by atoms with Crippen molar-refractivity contribution in [3.63, 3.8) is 0 Å². The molecule has 0 bridgehead atoms. The lowest BCUT2D eigenvalue weighted by Crippen LogP contribution is -2.30. The summed E-state index contributed by atoms with van der Waals surface area (Å²) in [6.45, 7) is 1.33. The highest BCUT2D eigenvalue weighted by Crippen LogP contribution is 2.29. The zero-order chi connectivity index (χ0) is 25.8. The van der Waals surface area contributed by atoms with Crippen molar-refractivity contribution in [1.82, 2.24) is 0 Å². The van der Waals surface area contributed by atoms with Crippen LogP contribution in [0.1, 0.15) is 17.3 Å². The second kappa shape index (κ2) is 10.7. The molecule has 1 aromatic heterocycles. The van der Waals surface area contributed by atoms with Gasteiger partial charge < -0.3 is 14.8 Å². The van der Waals surface area contributed by atoms with Crippen molar-refractivity contribution < 1.29 is 32.4 Å². The highest BCUT2D eigenvalue weighted by atomic mass is 35.5. The van der Waals surface area contributed by atoms with Crippen LogP contribution in [0, 0.1) is 10.1 Å². The maximum absolute atomic E-state index is 12.5. The van der Waals surface area contributed by atoms with Crippen molar-refractivity contribution in [2.24, 2.45) is 0 Å². The highest BCUT2D eigenvalue weighted by Gasteiger charge is 2.22. The summed E-state index contributed by atoms with van der Waals surface area (Å²) in [5, 5.41) is 13.4. The van der Waals surface area contributed by atoms with Crippen LogP contribution in [-0.2, 0) is 19.6 Å². The number of rotatable bonds is 9. The van der Waals surface area contributed by atoms with Gasteiger partial charge in [-0.05, 0) is 49.4 Å². The first-order chi connectivity index (χ1) is 16.5. The molecule has 2 aromatic carbocycles. The van der Waals surface area contributed by atoms with E-state index < -0.39 is 32.9 Å². The van der Waals surface area contributed by atoms with Crippen molar-refractivity contribution in [2.75, 3.05) is 17.1 Å². The molecule has 1 amide bonds. The molecule has 1 atom stereocenters. The molecule has 11 nitrogen and oxygen atoms in total. The number of nitro benzene ring substituents is 1. The number of sulfonamides is 1. The van der Waals surface area contributed by atoms with Crippen LogP contribution in [0.4, 0.5) is 17.1 Å². The van der Waals surface area contributed by atoms with Gasteiger partial charge in [0.1, 0.15) is 9.96 Å². The Labute approximate surface area is 208 Å². The third-order valence-corrected chi connectivity index (χ3v) is 7.60. The summed E-state index contributed by atoms with van der Waals surface area (Å²) >= 11 is 6.68. The minimum absolute atomic E-state index is 0.0335. The van der Waals surface area contributed by atoms with Gasteiger partial charge in [-0.2, -0.15) is 0 Å². The van der Waals surface area contributed by atoms with E-state index in [0.717, 1.165) is 17.4 Å². The van der Waals surface area contributed by atoms with Crippen LogP contribution in [0.15, 0.2) is 58.8 Å². The molecule has 0 saturated carbocycles. The lowest BCUT2D eigenvalue weighted by Gasteiger charge is -2.15. The number of benzene rings is 2. The monoisotopic (exact) mass is 539 g/mol. The van der Waals surface area contributed by atoms with Crippen LogP contribution in [0.2, 0.25) is 4.34 Å². The first-order valence-electron chi connectivity index (χ1n) is 9.72. The highest BCUT2D eigenvalue weighted by molar-refractivity contribution is 7.94. The van der Waals surface area contributed by atoms with E-state index in [2.05, 4.69) is 10.0 Å². The van der Waals surface area contributed by atoms with Gasteiger partial charge in [0.2, 0.25) is 0 Å². The van der Waals surface area contributed by atoms with Crippen molar-refractivity contribution >= 4 is 61.9 Å². The molecule has 0 radical (unpaired) electrons. The SMILES string of the molecule is COc1ccc([N+](=O)[O-])cc1NC(=O)C(C)OC(=O)c1ccc(NS(=O)(=O)c2ccc(Cl)s2)cc1. The molecule has 184 valence electrons. The summed E-state index contributed by atoms with van der Waals surface area (Å²) in [7, 11) is -2.50. The molecule has 0 aliphatic heterocycles. The number of nitrogens with one attached hydrogen (secondary N) is 2. The molecule has 1 heterocycles. The number of nitro groups is 1. The average molecular weight is 540 g/mol. The fourth-order valence-corrected chi connectivity index (χ4v) is 5.29. The number of thiophene rings is 1. The van der Waals surface area contributed by atoms with Gasteiger partial charge in [-0.1, -0.05) is 11.6 Å². The molecule has 1 unspecified atom stereocenters. The van der Waals surface area contributed by atoms with Gasteiger partial charge in [0.05, 0.1) is 27.6 Å². The maximum atomic E-state index is 12.5. The predicted molar refractivity (Wildman–Crippen MR) is 130 cm³/mol. The van der Waals surface area contributed by atoms with Crippen molar-refractivity contribution in [3.05, 3.63) is 74.6 Å². The molecule has 0 aliphatic carbocycles. The summed E-state index contributed by atoms with van der Waals surface area (Å²) in [5.74, 6) is -1.39. The maximum Gasteiger partial charge on any atom is 0.338 e. The van der Waals surface area contributed by atoms with E-state index in [0.29, 0.717) is 4.34 Å². The molecule has 14 heteroatoms. The van der Waals surface area contributed by atoms with Crippen molar-refractivity contribution in [2.45, 2.75) is 17.2 Å². The molecular formula is C21H18ClN3O8S2. The zero-order valence-corrected chi connectivity index (χ0v) is 20.6. The number of nitrogens with zero attached hydrogens (tertiary/aromatic N) is 1. The number of hydrogen-bond donors (Lipinski definition) is 2. The Morgan fingerprint density at radius 1 is 1.11 bits per heavy atom. The van der Waals surface area contributed by atoms with E-state index in [1.807, 2.05) is 0 Å². The van der Waals surface area contributed by atoms with Gasteiger partial charge in [-0.3, -0.25) is 19.6 Å². The molecule has 0 aliphatic rings. The summed E-state index contributed by atoms with van der Waals surface area (Å²) in [6.07, 6.45) is -1.26. The van der Waals surface area contributed by atoms with Gasteiger partial charge in [0.25, 0.3) is 21.6 Å². The smallest absolute Gasteiger partial charge is 0.338 e. The third kappa shape index (κ3) is 6.47. The molecule has 0 fully saturated rings. The number of carbonyl (C=O) groups excluding carboxylic acids is 2. The van der Waals surface area contributed by atoms with E-state index in [1.54, 1.807) is 0 Å². The molecule has 3 rings (SSSR count). The largest absolute Gasteiger partial charge is 0.495 e. The second-order valence-corrected chi connectivity index (χ2v) is 10.5. The van der Waals surface area contributed by atoms with E-state index in [1.165, 1.54) is 62.6 Å². The molecular weight excluding hydrogens is 522 g/mol. The number of non-ortho nitro benzene ring substituents is 1. The van der Waals surface area contributed by atoms with Gasteiger partial charge >= 0.3 is 5.97 Å². The van der Waals surface area contributed by atoms with Gasteiger partial charge in [0.15, 0.2) is 6.10 Å². The van der Waals surface area contributed by atoms with E-state index in [-0.39, 0.29) is 32.6 Å². The van der Waals surface area contributed by atoms with Crippen LogP contribution in [0.3, 0.4) is 0 Å². The van der Waals surface area contributed by atoms with Crippen molar-refractivity contribution in [1.29, 1.82) is 0 Å². The van der Waals surface area contributed by atoms with E-state index in [9.17, 15) is 28.1 Å². The average Bonchev–Trinajstić information content (AvgIpc) is 3.26. The predicted octanol–water partition coefficient (Wildman–Crippen LogP) is 4.30. The van der Waals surface area contributed by atoms with Crippen molar-refractivity contribution in [3.8, 4) is 5.75 Å². The van der Waals surface area contributed by atoms with Crippen LogP contribution in [-0.4, -0.2) is 38.4 Å². The number of esters is 1. The first-order valence-corrected chi connectivity index (χ1v) is 12.4. The summed E-state index contributed by atoms with van der Waals surface area (Å²) in [6, 6.07) is 11.9. The Kier molecular flexibility index (Phi) is 7.94. The van der Waals surface area contributed by atoms with Crippen LogP contribution in [0.25, 0.3) is 0 Å². The number of hydrogen-bond acceptors (Lipinski definition) is 9. The second-order valence-electron chi connectivity index (χ2n) is 6.92. The number of anilines is 2. The topological polar surface area (TPSA) is 154 Å². The number of methoxy groups -OCH3 is 1. The van der Waals surface area contributed by atoms with Crippen LogP contribution >= 0.6 is 22.9 Å². The summed E-state index contributed by atoms with van der Waals surface area (Å²) in [5.41, 5.74) is 0.0521. The van der Waals surface area contributed by atoms with Gasteiger partial charge in [0, 0.05) is 17.8 Å². The number of carbonyl (C=O) groups is 2. The van der Waals surface area contributed by atoms with E-state index >= 15 is 0 Å². The number of amides is 1. The lowest BCUT2D eigenvalue weighted by molar-refractivity contribution is -0.384. The molecule has 0 spiro atoms. The molecule has 3 aromatic rings. The lowest BCUT2D eigenvalue weighted by atomic mass is 10.2. The Balaban J connectivity index is 1.64. The summed E-state index contributed by atoms with van der Waals surface area (Å²) < 4.78 is 37.7. The standard InChI is InChI=1S/C21H18ClN3O8S2/c1-12(20(26)23-16-11-15(25(28)29)7-8-17(16)32-2)33-21(27)13-3-5-14(6-4-13)24-35(30,31)19-10-9-18(22)34-19/h3-12,24H,1-2H3,(H,23,26). The van der Waals surface area contributed by atoms with Gasteiger partial charge in [-0.25, -0.2) is 13.2 Å². The molecule has 35 heavy (non-hydrogen) atoms. The normalized spacial score (nSPS) is 11.9. The Bertz CT molecular complexity index is 1370. The Morgan fingerprint density at radius 2 is 1.80 bits per heavy atom. The van der Waals surface area contributed by atoms with E-state index in [4.69, 9.17) is 21.1 Å². The third-order valence-electron chi connectivity index (χ3n) is 4.49. The fourth-order valence-electron chi connectivity index (χ4n) is 2.75. The van der Waals surface area contributed by atoms with Crippen LogP contribution in [0.5, 0.6) is 5.75 Å². The Morgan fingerprint density at radius 3 is 2.37 bits per heavy atom. The fraction of sp³-hybridized carbons (Fsp3) is 0.143. The molecule has 2 N–H and O–H groups in total. The molecule has 0 saturated heterocycles. The van der Waals surface area contributed by atoms with Gasteiger partial charge in [-0.15, -0.1) is 11.3 Å². The number of ether oxygens (including phenoxy) is 2. The zero-order valence-electron chi connectivity index (χ0n) is 18.2. The minimum atomic E-state index is -3.84. The van der Waals surface area contributed by atoms with Crippen LogP contribution < -0.4 is 14.8 Å². The number of halogens is 1. The summed E-state index contributed by atoms with van der Waals surface area (Å²) in [4.78, 5) is 35.3.